The molecule has 3 rings (SSSR count). The summed E-state index contributed by atoms with van der Waals surface area (Å²) in [6.07, 6.45) is 2.70. The average Bonchev–Trinajstić information content (AvgIpc) is 2.71. The Morgan fingerprint density at radius 2 is 1.61 bits per heavy atom. The summed E-state index contributed by atoms with van der Waals surface area (Å²) in [6.45, 7) is 0.696. The van der Waals surface area contributed by atoms with Crippen LogP contribution in [0.1, 0.15) is 11.1 Å². The number of carbonyl (C=O) groups excluding carboxylic acids is 1. The number of benzene rings is 2. The molecule has 0 bridgehead atoms. The first-order valence-corrected chi connectivity index (χ1v) is 9.26. The van der Waals surface area contributed by atoms with Gasteiger partial charge in [-0.25, -0.2) is 4.98 Å². The second-order valence-electron chi connectivity index (χ2n) is 6.23. The van der Waals surface area contributed by atoms with Crippen molar-refractivity contribution in [1.82, 2.24) is 4.98 Å². The third kappa shape index (κ3) is 6.08. The second kappa shape index (κ2) is 9.88. The van der Waals surface area contributed by atoms with Gasteiger partial charge in [0.2, 0.25) is 5.91 Å². The monoisotopic (exact) mass is 396 g/mol. The molecule has 0 saturated carbocycles. The Hall–Kier alpha value is -2.89. The van der Waals surface area contributed by atoms with Crippen LogP contribution in [-0.4, -0.2) is 24.6 Å². The highest BCUT2D eigenvalue weighted by molar-refractivity contribution is 6.29. The fraction of sp³-hybridized carbons (Fsp3) is 0.182. The van der Waals surface area contributed by atoms with Gasteiger partial charge >= 0.3 is 0 Å². The summed E-state index contributed by atoms with van der Waals surface area (Å²) in [6, 6.07) is 18.6. The predicted molar refractivity (Wildman–Crippen MR) is 110 cm³/mol. The third-order valence-corrected chi connectivity index (χ3v) is 4.27. The molecule has 144 valence electrons. The Morgan fingerprint density at radius 3 is 2.21 bits per heavy atom. The van der Waals surface area contributed by atoms with Crippen LogP contribution in [0, 0.1) is 0 Å². The molecule has 0 spiro atoms. The summed E-state index contributed by atoms with van der Waals surface area (Å²) in [5.41, 5.74) is 2.70. The number of nitrogens with one attached hydrogen (secondary N) is 1. The van der Waals surface area contributed by atoms with Gasteiger partial charge in [0.15, 0.2) is 0 Å². The topological polar surface area (TPSA) is 60.5 Å². The molecule has 2 aromatic carbocycles. The lowest BCUT2D eigenvalue weighted by Gasteiger charge is -2.09. The first-order chi connectivity index (χ1) is 13.6. The molecule has 1 heterocycles. The number of aromatic nitrogens is 1. The van der Waals surface area contributed by atoms with Crippen molar-refractivity contribution < 1.29 is 14.3 Å². The van der Waals surface area contributed by atoms with Gasteiger partial charge < -0.3 is 14.8 Å². The molecule has 0 unspecified atom stereocenters. The van der Waals surface area contributed by atoms with Gasteiger partial charge in [-0.3, -0.25) is 4.79 Å². The van der Waals surface area contributed by atoms with E-state index in [1.54, 1.807) is 37.6 Å². The van der Waals surface area contributed by atoms with Crippen LogP contribution in [0.25, 0.3) is 0 Å². The first-order valence-electron chi connectivity index (χ1n) is 8.88. The minimum atomic E-state index is -0.121. The van der Waals surface area contributed by atoms with E-state index < -0.39 is 0 Å². The molecule has 3 aromatic rings. The number of ether oxygens (including phenoxy) is 2. The maximum atomic E-state index is 12.1. The smallest absolute Gasteiger partial charge is 0.228 e. The predicted octanol–water partition coefficient (Wildman–Crippen LogP) is 4.90. The number of halogens is 1. The number of methoxy groups -OCH3 is 1. The quantitative estimate of drug-likeness (QED) is 0.550. The number of nitrogens with zero attached hydrogens (tertiary/aromatic N) is 1. The standard InChI is InChI=1S/C22H21ClN2O3/c1-27-13-12-16-2-7-19(8-3-16)28-20-9-5-18(6-10-20)25-22(26)14-17-4-11-21(23)24-15-17/h2-11,15H,12-14H2,1H3,(H,25,26). The molecule has 1 aromatic heterocycles. The van der Waals surface area contributed by atoms with E-state index in [1.165, 1.54) is 5.56 Å². The molecule has 0 aliphatic carbocycles. The molecule has 0 aliphatic rings. The van der Waals surface area contributed by atoms with E-state index in [0.29, 0.717) is 23.2 Å². The van der Waals surface area contributed by atoms with Gasteiger partial charge in [-0.05, 0) is 60.0 Å². The van der Waals surface area contributed by atoms with Crippen molar-refractivity contribution in [2.24, 2.45) is 0 Å². The molecule has 28 heavy (non-hydrogen) atoms. The van der Waals surface area contributed by atoms with E-state index >= 15 is 0 Å². The molecule has 0 fully saturated rings. The van der Waals surface area contributed by atoms with E-state index in [-0.39, 0.29) is 12.3 Å². The minimum absolute atomic E-state index is 0.121. The SMILES string of the molecule is COCCc1ccc(Oc2ccc(NC(=O)Cc3ccc(Cl)nc3)cc2)cc1. The molecule has 0 atom stereocenters. The van der Waals surface area contributed by atoms with Crippen LogP contribution in [0.15, 0.2) is 66.9 Å². The van der Waals surface area contributed by atoms with Crippen LogP contribution in [0.2, 0.25) is 5.15 Å². The van der Waals surface area contributed by atoms with Crippen molar-refractivity contribution in [2.75, 3.05) is 19.0 Å². The summed E-state index contributed by atoms with van der Waals surface area (Å²) in [5.74, 6) is 1.34. The molecular weight excluding hydrogens is 376 g/mol. The van der Waals surface area contributed by atoms with E-state index in [9.17, 15) is 4.79 Å². The molecule has 5 nitrogen and oxygen atoms in total. The van der Waals surface area contributed by atoms with Crippen LogP contribution in [0.4, 0.5) is 5.69 Å². The molecule has 0 radical (unpaired) electrons. The molecular formula is C22H21ClN2O3. The summed E-state index contributed by atoms with van der Waals surface area (Å²) >= 11 is 5.75. The van der Waals surface area contributed by atoms with Gasteiger partial charge in [0, 0.05) is 19.0 Å². The highest BCUT2D eigenvalue weighted by atomic mass is 35.5. The molecule has 6 heteroatoms. The zero-order chi connectivity index (χ0) is 19.8. The van der Waals surface area contributed by atoms with Crippen LogP contribution in [0.3, 0.4) is 0 Å². The maximum absolute atomic E-state index is 12.1. The normalized spacial score (nSPS) is 10.5. The van der Waals surface area contributed by atoms with Gasteiger partial charge in [0.25, 0.3) is 0 Å². The summed E-state index contributed by atoms with van der Waals surface area (Å²) < 4.78 is 10.9. The molecule has 1 N–H and O–H groups in total. The minimum Gasteiger partial charge on any atom is -0.457 e. The largest absolute Gasteiger partial charge is 0.457 e. The molecule has 1 amide bonds. The Balaban J connectivity index is 1.52. The van der Waals surface area contributed by atoms with Gasteiger partial charge in [0.05, 0.1) is 13.0 Å². The van der Waals surface area contributed by atoms with Crippen LogP contribution < -0.4 is 10.1 Å². The van der Waals surface area contributed by atoms with E-state index in [1.807, 2.05) is 36.4 Å². The second-order valence-corrected chi connectivity index (χ2v) is 6.61. The van der Waals surface area contributed by atoms with Crippen molar-refractivity contribution >= 4 is 23.2 Å². The number of hydrogen-bond donors (Lipinski definition) is 1. The number of amides is 1. The van der Waals surface area contributed by atoms with Gasteiger partial charge in [-0.15, -0.1) is 0 Å². The Labute approximate surface area is 169 Å². The number of carbonyl (C=O) groups is 1. The zero-order valence-electron chi connectivity index (χ0n) is 15.5. The first kappa shape index (κ1) is 19.9. The lowest BCUT2D eigenvalue weighted by molar-refractivity contribution is -0.115. The summed E-state index contributed by atoms with van der Waals surface area (Å²) in [7, 11) is 1.69. The van der Waals surface area contributed by atoms with Crippen LogP contribution in [0.5, 0.6) is 11.5 Å². The fourth-order valence-electron chi connectivity index (χ4n) is 2.59. The van der Waals surface area contributed by atoms with Gasteiger partial charge in [-0.2, -0.15) is 0 Å². The van der Waals surface area contributed by atoms with Gasteiger partial charge in [-0.1, -0.05) is 29.8 Å². The van der Waals surface area contributed by atoms with Crippen molar-refractivity contribution in [2.45, 2.75) is 12.8 Å². The van der Waals surface area contributed by atoms with E-state index in [4.69, 9.17) is 21.1 Å². The lowest BCUT2D eigenvalue weighted by atomic mass is 10.1. The number of hydrogen-bond acceptors (Lipinski definition) is 4. The number of anilines is 1. The number of rotatable bonds is 8. The van der Waals surface area contributed by atoms with Crippen molar-refractivity contribution in [1.29, 1.82) is 0 Å². The van der Waals surface area contributed by atoms with Crippen molar-refractivity contribution in [3.05, 3.63) is 83.1 Å². The lowest BCUT2D eigenvalue weighted by Crippen LogP contribution is -2.14. The Kier molecular flexibility index (Phi) is 7.00. The van der Waals surface area contributed by atoms with E-state index in [0.717, 1.165) is 17.7 Å². The molecule has 0 aliphatic heterocycles. The Bertz CT molecular complexity index is 895. The maximum Gasteiger partial charge on any atom is 0.228 e. The van der Waals surface area contributed by atoms with E-state index in [2.05, 4.69) is 10.3 Å². The number of pyridine rings is 1. The highest BCUT2D eigenvalue weighted by Crippen LogP contribution is 2.23. The van der Waals surface area contributed by atoms with Crippen molar-refractivity contribution in [3.63, 3.8) is 0 Å². The fourth-order valence-corrected chi connectivity index (χ4v) is 2.70. The van der Waals surface area contributed by atoms with Crippen LogP contribution >= 0.6 is 11.6 Å². The Morgan fingerprint density at radius 1 is 0.964 bits per heavy atom. The summed E-state index contributed by atoms with van der Waals surface area (Å²) in [5, 5.41) is 3.26. The average molecular weight is 397 g/mol. The van der Waals surface area contributed by atoms with Crippen LogP contribution in [-0.2, 0) is 22.4 Å². The molecule has 0 saturated heterocycles. The van der Waals surface area contributed by atoms with Crippen molar-refractivity contribution in [3.8, 4) is 11.5 Å². The summed E-state index contributed by atoms with van der Waals surface area (Å²) in [4.78, 5) is 16.1. The highest BCUT2D eigenvalue weighted by Gasteiger charge is 2.05. The zero-order valence-corrected chi connectivity index (χ0v) is 16.3. The van der Waals surface area contributed by atoms with Gasteiger partial charge in [0.1, 0.15) is 16.7 Å². The third-order valence-electron chi connectivity index (χ3n) is 4.05.